The second kappa shape index (κ2) is 14.7. The third kappa shape index (κ3) is 8.99. The average molecular weight is 563 g/mol. The van der Waals surface area contributed by atoms with E-state index in [1.165, 1.54) is 36.2 Å². The van der Waals surface area contributed by atoms with Gasteiger partial charge in [-0.25, -0.2) is 19.2 Å². The van der Waals surface area contributed by atoms with E-state index in [1.54, 1.807) is 38.1 Å². The first-order chi connectivity index (χ1) is 19.6. The van der Waals surface area contributed by atoms with Gasteiger partial charge in [0.15, 0.2) is 0 Å². The molecule has 1 fully saturated rings. The van der Waals surface area contributed by atoms with E-state index in [1.807, 2.05) is 6.07 Å². The van der Waals surface area contributed by atoms with Gasteiger partial charge in [0.1, 0.15) is 0 Å². The minimum atomic E-state index is -2.22. The van der Waals surface area contributed by atoms with E-state index in [0.717, 1.165) is 24.1 Å². The molecule has 5 N–H and O–H groups in total. The molecular weight excluding hydrogens is 528 g/mol. The van der Waals surface area contributed by atoms with E-state index in [9.17, 15) is 29.4 Å². The summed E-state index contributed by atoms with van der Waals surface area (Å²) in [7, 11) is 0. The lowest BCUT2D eigenvalue weighted by molar-refractivity contribution is -0.166. The summed E-state index contributed by atoms with van der Waals surface area (Å²) >= 11 is 0. The molecule has 0 amide bonds. The van der Waals surface area contributed by atoms with Crippen LogP contribution in [0.25, 0.3) is 0 Å². The van der Waals surface area contributed by atoms with E-state index in [-0.39, 0.29) is 17.2 Å². The molecule has 1 saturated heterocycles. The lowest BCUT2D eigenvalue weighted by Gasteiger charge is -2.30. The summed E-state index contributed by atoms with van der Waals surface area (Å²) in [5.74, 6) is -5.62. The molecule has 0 aromatic heterocycles. The molecule has 10 nitrogen and oxygen atoms in total. The molecule has 3 aromatic rings. The molecule has 4 unspecified atom stereocenters. The summed E-state index contributed by atoms with van der Waals surface area (Å²) in [5.41, 5.74) is 9.15. The number of ether oxygens (including phenoxy) is 2. The molecule has 0 saturated carbocycles. The molecule has 4 rings (SSSR count). The predicted molar refractivity (Wildman–Crippen MR) is 150 cm³/mol. The van der Waals surface area contributed by atoms with Gasteiger partial charge in [-0.1, -0.05) is 65.7 Å². The van der Waals surface area contributed by atoms with Crippen LogP contribution >= 0.6 is 0 Å². The van der Waals surface area contributed by atoms with Crippen LogP contribution in [0.2, 0.25) is 0 Å². The number of nitrogens with two attached hydrogens (primary N) is 1. The Balaban J connectivity index is 0.000000294. The molecule has 1 aliphatic rings. The van der Waals surface area contributed by atoms with Crippen molar-refractivity contribution in [1.82, 2.24) is 5.32 Å². The lowest BCUT2D eigenvalue weighted by Crippen LogP contribution is -2.45. The van der Waals surface area contributed by atoms with Crippen LogP contribution in [-0.4, -0.2) is 58.9 Å². The van der Waals surface area contributed by atoms with Gasteiger partial charge in [-0.3, -0.25) is 0 Å². The molecule has 1 aliphatic heterocycles. The average Bonchev–Trinajstić information content (AvgIpc) is 2.96. The van der Waals surface area contributed by atoms with Crippen molar-refractivity contribution in [3.63, 3.8) is 0 Å². The standard InChI is InChI=1S/C20H18O8.C11H16N2/c1-11-3-7-13(8-4-11)19(25)27-15(17(21)22)16(18(23)24)28-20(26)14-9-5-12(2)6-10-14;12-10-7-4-8-13-11(10)9-5-2-1-3-6-9/h3-10,15-16H,1-2H3,(H,21,22)(H,23,24);1-3,5-6,10-11,13H,4,7-8,12H2. The fourth-order valence-electron chi connectivity index (χ4n) is 4.17. The highest BCUT2D eigenvalue weighted by atomic mass is 16.6. The maximum absolute atomic E-state index is 12.2. The number of carbonyl (C=O) groups excluding carboxylic acids is 2. The highest BCUT2D eigenvalue weighted by Gasteiger charge is 2.41. The van der Waals surface area contributed by atoms with Crippen LogP contribution in [0.15, 0.2) is 78.9 Å². The number of esters is 2. The Morgan fingerprint density at radius 3 is 1.59 bits per heavy atom. The minimum absolute atomic E-state index is 0.0332. The highest BCUT2D eigenvalue weighted by molar-refractivity contribution is 5.95. The van der Waals surface area contributed by atoms with E-state index < -0.39 is 36.1 Å². The van der Waals surface area contributed by atoms with Gasteiger partial charge in [-0.2, -0.15) is 0 Å². The Bertz CT molecular complexity index is 1250. The molecule has 4 atom stereocenters. The van der Waals surface area contributed by atoms with Crippen LogP contribution in [-0.2, 0) is 19.1 Å². The van der Waals surface area contributed by atoms with Crippen LogP contribution in [0, 0.1) is 13.8 Å². The second-order valence-electron chi connectivity index (χ2n) is 9.71. The third-order valence-corrected chi connectivity index (χ3v) is 6.47. The quantitative estimate of drug-likeness (QED) is 0.298. The second-order valence-corrected chi connectivity index (χ2v) is 9.71. The Hall–Kier alpha value is -4.54. The number of piperidine rings is 1. The first-order valence-electron chi connectivity index (χ1n) is 13.1. The Morgan fingerprint density at radius 2 is 1.20 bits per heavy atom. The van der Waals surface area contributed by atoms with Gasteiger partial charge in [0.2, 0.25) is 12.2 Å². The first-order valence-corrected chi connectivity index (χ1v) is 13.1. The van der Waals surface area contributed by atoms with Gasteiger partial charge >= 0.3 is 23.9 Å². The first kappa shape index (κ1) is 31.0. The van der Waals surface area contributed by atoms with Crippen molar-refractivity contribution in [2.24, 2.45) is 5.73 Å². The number of hydrogen-bond donors (Lipinski definition) is 4. The van der Waals surface area contributed by atoms with E-state index >= 15 is 0 Å². The number of carbonyl (C=O) groups is 4. The van der Waals surface area contributed by atoms with Crippen molar-refractivity contribution in [3.05, 3.63) is 107 Å². The van der Waals surface area contributed by atoms with Crippen molar-refractivity contribution in [1.29, 1.82) is 0 Å². The molecule has 0 bridgehead atoms. The van der Waals surface area contributed by atoms with Gasteiger partial charge in [-0.15, -0.1) is 0 Å². The fraction of sp³-hybridized carbons (Fsp3) is 0.290. The molecule has 3 aromatic carbocycles. The molecule has 10 heteroatoms. The fourth-order valence-corrected chi connectivity index (χ4v) is 4.17. The largest absolute Gasteiger partial charge is 0.478 e. The number of carboxylic acids is 2. The van der Waals surface area contributed by atoms with Gasteiger partial charge in [-0.05, 0) is 63.1 Å². The van der Waals surface area contributed by atoms with Crippen LogP contribution in [0.1, 0.15) is 56.3 Å². The minimum Gasteiger partial charge on any atom is -0.478 e. The predicted octanol–water partition coefficient (Wildman–Crippen LogP) is 3.66. The normalized spacial score (nSPS) is 17.6. The topological polar surface area (TPSA) is 165 Å². The molecule has 0 spiro atoms. The van der Waals surface area contributed by atoms with Gasteiger partial charge < -0.3 is 30.7 Å². The zero-order chi connectivity index (χ0) is 29.9. The number of hydrogen-bond acceptors (Lipinski definition) is 8. The van der Waals surface area contributed by atoms with Crippen LogP contribution in [0.4, 0.5) is 0 Å². The summed E-state index contributed by atoms with van der Waals surface area (Å²) < 4.78 is 9.64. The Labute approximate surface area is 238 Å². The Morgan fingerprint density at radius 1 is 0.756 bits per heavy atom. The van der Waals surface area contributed by atoms with Gasteiger partial charge in [0, 0.05) is 12.1 Å². The molecule has 1 heterocycles. The number of carboxylic acid groups (broad SMARTS) is 2. The molecule has 0 radical (unpaired) electrons. The summed E-state index contributed by atoms with van der Waals surface area (Å²) in [6, 6.07) is 23.2. The monoisotopic (exact) mass is 562 g/mol. The highest BCUT2D eigenvalue weighted by Crippen LogP contribution is 2.21. The van der Waals surface area contributed by atoms with Crippen molar-refractivity contribution in [2.45, 2.75) is 51.0 Å². The van der Waals surface area contributed by atoms with Crippen LogP contribution in [0.5, 0.6) is 0 Å². The van der Waals surface area contributed by atoms with Crippen molar-refractivity contribution >= 4 is 23.9 Å². The summed E-state index contributed by atoms with van der Waals surface area (Å²) in [6.07, 6.45) is -2.11. The third-order valence-electron chi connectivity index (χ3n) is 6.47. The Kier molecular flexibility index (Phi) is 11.1. The SMILES string of the molecule is Cc1ccc(C(=O)OC(C(=O)O)C(OC(=O)c2ccc(C)cc2)C(=O)O)cc1.NC1CCCNC1c1ccccc1. The number of aryl methyl sites for hydroxylation is 2. The number of benzene rings is 3. The lowest BCUT2D eigenvalue weighted by atomic mass is 9.93. The maximum atomic E-state index is 12.2. The number of rotatable bonds is 8. The molecular formula is C31H34N2O8. The summed E-state index contributed by atoms with van der Waals surface area (Å²) in [4.78, 5) is 47.3. The van der Waals surface area contributed by atoms with E-state index in [4.69, 9.17) is 15.2 Å². The van der Waals surface area contributed by atoms with E-state index in [2.05, 4.69) is 29.6 Å². The van der Waals surface area contributed by atoms with Crippen molar-refractivity contribution < 1.29 is 38.9 Å². The summed E-state index contributed by atoms with van der Waals surface area (Å²) in [5, 5.41) is 22.1. The van der Waals surface area contributed by atoms with Crippen molar-refractivity contribution in [3.8, 4) is 0 Å². The van der Waals surface area contributed by atoms with Crippen LogP contribution in [0.3, 0.4) is 0 Å². The van der Waals surface area contributed by atoms with Crippen molar-refractivity contribution in [2.75, 3.05) is 6.54 Å². The molecule has 0 aliphatic carbocycles. The zero-order valence-electron chi connectivity index (χ0n) is 22.9. The number of nitrogens with one attached hydrogen (secondary N) is 1. The molecule has 216 valence electrons. The van der Waals surface area contributed by atoms with E-state index in [0.29, 0.717) is 6.04 Å². The summed E-state index contributed by atoms with van der Waals surface area (Å²) in [6.45, 7) is 4.67. The van der Waals surface area contributed by atoms with Gasteiger partial charge in [0.25, 0.3) is 0 Å². The van der Waals surface area contributed by atoms with Gasteiger partial charge in [0.05, 0.1) is 11.1 Å². The smallest absolute Gasteiger partial charge is 0.349 e. The molecule has 41 heavy (non-hydrogen) atoms. The maximum Gasteiger partial charge on any atom is 0.349 e. The zero-order valence-corrected chi connectivity index (χ0v) is 22.9. The number of aliphatic carboxylic acids is 2. The van der Waals surface area contributed by atoms with Crippen LogP contribution < -0.4 is 11.1 Å².